The molecule has 0 spiro atoms. The lowest BCUT2D eigenvalue weighted by molar-refractivity contribution is -0.153. The summed E-state index contributed by atoms with van der Waals surface area (Å²) in [6.45, 7) is -0.688. The van der Waals surface area contributed by atoms with Gasteiger partial charge in [-0.05, 0) is 22.0 Å². The Hall–Kier alpha value is -1.10. The smallest absolute Gasteiger partial charge is 0.334 e. The fourth-order valence-electron chi connectivity index (χ4n) is 1.90. The summed E-state index contributed by atoms with van der Waals surface area (Å²) in [6.07, 6.45) is -1.32. The number of morpholine rings is 1. The minimum atomic E-state index is -4.31. The van der Waals surface area contributed by atoms with Crippen molar-refractivity contribution in [3.05, 3.63) is 28.2 Å². The molecule has 0 aromatic heterocycles. The van der Waals surface area contributed by atoms with Crippen molar-refractivity contribution in [2.75, 3.05) is 19.7 Å². The number of rotatable bonds is 3. The summed E-state index contributed by atoms with van der Waals surface area (Å²) in [5, 5.41) is 8.86. The van der Waals surface area contributed by atoms with Crippen LogP contribution in [0.3, 0.4) is 0 Å². The molecule has 1 aliphatic heterocycles. The molecule has 0 saturated carbocycles. The van der Waals surface area contributed by atoms with Crippen LogP contribution in [0.25, 0.3) is 0 Å². The zero-order valence-electron chi connectivity index (χ0n) is 10.4. The number of ether oxygens (including phenoxy) is 1. The Labute approximate surface area is 127 Å². The van der Waals surface area contributed by atoms with Gasteiger partial charge in [0.1, 0.15) is 16.5 Å². The van der Waals surface area contributed by atoms with E-state index in [1.807, 2.05) is 0 Å². The van der Waals surface area contributed by atoms with Crippen LogP contribution in [0.4, 0.5) is 8.78 Å². The predicted molar refractivity (Wildman–Crippen MR) is 70.2 cm³/mol. The van der Waals surface area contributed by atoms with Gasteiger partial charge in [0.25, 0.3) is 0 Å². The average molecular weight is 386 g/mol. The second-order valence-electron chi connectivity index (χ2n) is 4.26. The van der Waals surface area contributed by atoms with Gasteiger partial charge in [-0.15, -0.1) is 0 Å². The molecule has 0 aliphatic carbocycles. The Morgan fingerprint density at radius 1 is 1.43 bits per heavy atom. The first-order valence-electron chi connectivity index (χ1n) is 5.72. The van der Waals surface area contributed by atoms with Crippen molar-refractivity contribution in [1.29, 1.82) is 0 Å². The normalized spacial score (nSPS) is 20.4. The van der Waals surface area contributed by atoms with Crippen molar-refractivity contribution in [1.82, 2.24) is 4.31 Å². The van der Waals surface area contributed by atoms with E-state index >= 15 is 0 Å². The summed E-state index contributed by atoms with van der Waals surface area (Å²) >= 11 is 2.81. The highest BCUT2D eigenvalue weighted by Crippen LogP contribution is 2.29. The van der Waals surface area contributed by atoms with Gasteiger partial charge in [-0.25, -0.2) is 22.0 Å². The molecule has 0 amide bonds. The summed E-state index contributed by atoms with van der Waals surface area (Å²) < 4.78 is 57.1. The maximum absolute atomic E-state index is 13.8. The topological polar surface area (TPSA) is 83.9 Å². The molecule has 1 unspecified atom stereocenters. The number of benzene rings is 1. The summed E-state index contributed by atoms with van der Waals surface area (Å²) in [5.74, 6) is -3.49. The number of hydrogen-bond acceptors (Lipinski definition) is 4. The van der Waals surface area contributed by atoms with Crippen LogP contribution in [0.5, 0.6) is 0 Å². The zero-order valence-corrected chi connectivity index (χ0v) is 12.8. The summed E-state index contributed by atoms with van der Waals surface area (Å²) in [4.78, 5) is 10.1. The molecule has 1 heterocycles. The first-order chi connectivity index (χ1) is 9.73. The molecule has 10 heteroatoms. The first kappa shape index (κ1) is 16.3. The highest BCUT2D eigenvalue weighted by Gasteiger charge is 2.36. The molecule has 1 aromatic carbocycles. The van der Waals surface area contributed by atoms with E-state index in [1.165, 1.54) is 0 Å². The van der Waals surface area contributed by atoms with Crippen LogP contribution in [-0.4, -0.2) is 49.6 Å². The Kier molecular flexibility index (Phi) is 4.61. The number of carbonyl (C=O) groups is 1. The maximum Gasteiger partial charge on any atom is 0.334 e. The molecule has 1 fully saturated rings. The van der Waals surface area contributed by atoms with E-state index in [1.54, 1.807) is 0 Å². The van der Waals surface area contributed by atoms with Gasteiger partial charge in [-0.2, -0.15) is 4.31 Å². The van der Waals surface area contributed by atoms with Gasteiger partial charge < -0.3 is 9.84 Å². The van der Waals surface area contributed by atoms with E-state index in [2.05, 4.69) is 15.9 Å². The number of carboxylic acid groups (broad SMARTS) is 1. The van der Waals surface area contributed by atoms with E-state index in [0.29, 0.717) is 6.07 Å². The van der Waals surface area contributed by atoms with Gasteiger partial charge >= 0.3 is 5.97 Å². The Balaban J connectivity index is 2.41. The van der Waals surface area contributed by atoms with E-state index in [-0.39, 0.29) is 17.6 Å². The van der Waals surface area contributed by atoms with Crippen molar-refractivity contribution < 1.29 is 31.8 Å². The SMILES string of the molecule is O=C(O)C1CN(S(=O)(=O)c2c(F)cc(F)cc2Br)CCO1. The molecule has 6 nitrogen and oxygen atoms in total. The highest BCUT2D eigenvalue weighted by atomic mass is 79.9. The lowest BCUT2D eigenvalue weighted by Crippen LogP contribution is -2.48. The average Bonchev–Trinajstić information content (AvgIpc) is 2.37. The van der Waals surface area contributed by atoms with E-state index in [0.717, 1.165) is 10.4 Å². The molecule has 1 aliphatic rings. The van der Waals surface area contributed by atoms with Gasteiger partial charge in [-0.1, -0.05) is 0 Å². The van der Waals surface area contributed by atoms with E-state index in [4.69, 9.17) is 9.84 Å². The van der Waals surface area contributed by atoms with Gasteiger partial charge in [0, 0.05) is 17.1 Å². The fraction of sp³-hybridized carbons (Fsp3) is 0.364. The second kappa shape index (κ2) is 5.95. The van der Waals surface area contributed by atoms with Gasteiger partial charge in [0.2, 0.25) is 10.0 Å². The van der Waals surface area contributed by atoms with Crippen LogP contribution in [0, 0.1) is 11.6 Å². The number of hydrogen-bond donors (Lipinski definition) is 1. The van der Waals surface area contributed by atoms with Crippen molar-refractivity contribution in [3.63, 3.8) is 0 Å². The molecule has 0 radical (unpaired) electrons. The van der Waals surface area contributed by atoms with Crippen molar-refractivity contribution in [3.8, 4) is 0 Å². The van der Waals surface area contributed by atoms with Crippen LogP contribution in [0.2, 0.25) is 0 Å². The Morgan fingerprint density at radius 2 is 2.10 bits per heavy atom. The van der Waals surface area contributed by atoms with E-state index < -0.39 is 45.2 Å². The van der Waals surface area contributed by atoms with Crippen LogP contribution in [-0.2, 0) is 19.6 Å². The number of halogens is 3. The molecule has 1 saturated heterocycles. The fourth-order valence-corrected chi connectivity index (χ4v) is 4.44. The maximum atomic E-state index is 13.8. The third-order valence-corrected chi connectivity index (χ3v) is 5.70. The minimum absolute atomic E-state index is 0.116. The minimum Gasteiger partial charge on any atom is -0.479 e. The van der Waals surface area contributed by atoms with Crippen LogP contribution >= 0.6 is 15.9 Å². The number of nitrogens with zero attached hydrogens (tertiary/aromatic N) is 1. The van der Waals surface area contributed by atoms with Crippen molar-refractivity contribution in [2.24, 2.45) is 0 Å². The second-order valence-corrected chi connectivity index (χ2v) is 6.99. The summed E-state index contributed by atoms with van der Waals surface area (Å²) in [7, 11) is -4.31. The van der Waals surface area contributed by atoms with Gasteiger partial charge in [0.05, 0.1) is 13.2 Å². The highest BCUT2D eigenvalue weighted by molar-refractivity contribution is 9.10. The van der Waals surface area contributed by atoms with Crippen LogP contribution < -0.4 is 0 Å². The van der Waals surface area contributed by atoms with E-state index in [9.17, 15) is 22.0 Å². The molecule has 2 rings (SSSR count). The molecular formula is C11H10BrF2NO5S. The third-order valence-electron chi connectivity index (χ3n) is 2.87. The zero-order chi connectivity index (χ0) is 15.8. The lowest BCUT2D eigenvalue weighted by Gasteiger charge is -2.30. The van der Waals surface area contributed by atoms with Crippen molar-refractivity contribution in [2.45, 2.75) is 11.0 Å². The lowest BCUT2D eigenvalue weighted by atomic mass is 10.3. The van der Waals surface area contributed by atoms with Crippen LogP contribution in [0.15, 0.2) is 21.5 Å². The number of sulfonamides is 1. The Morgan fingerprint density at radius 3 is 2.67 bits per heavy atom. The number of aliphatic carboxylic acids is 1. The molecule has 1 N–H and O–H groups in total. The summed E-state index contributed by atoms with van der Waals surface area (Å²) in [6, 6.07) is 1.28. The predicted octanol–water partition coefficient (Wildman–Crippen LogP) is 1.20. The largest absolute Gasteiger partial charge is 0.479 e. The molecule has 1 atom stereocenters. The first-order valence-corrected chi connectivity index (χ1v) is 7.96. The third kappa shape index (κ3) is 3.23. The monoisotopic (exact) mass is 385 g/mol. The molecule has 21 heavy (non-hydrogen) atoms. The molecular weight excluding hydrogens is 376 g/mol. The Bertz CT molecular complexity index is 658. The standard InChI is InChI=1S/C11H10BrF2NO5S/c12-7-3-6(13)4-8(14)10(7)21(18,19)15-1-2-20-9(5-15)11(16)17/h3-4,9H,1-2,5H2,(H,16,17). The van der Waals surface area contributed by atoms with Gasteiger partial charge in [-0.3, -0.25) is 0 Å². The quantitative estimate of drug-likeness (QED) is 0.844. The number of carboxylic acids is 1. The van der Waals surface area contributed by atoms with Crippen molar-refractivity contribution >= 4 is 31.9 Å². The van der Waals surface area contributed by atoms with Gasteiger partial charge in [0.15, 0.2) is 6.10 Å². The molecule has 0 bridgehead atoms. The molecule has 116 valence electrons. The summed E-state index contributed by atoms with van der Waals surface area (Å²) in [5.41, 5.74) is 0. The van der Waals surface area contributed by atoms with Crippen LogP contribution in [0.1, 0.15) is 0 Å². The molecule has 1 aromatic rings.